The van der Waals surface area contributed by atoms with E-state index in [2.05, 4.69) is 12.2 Å². The van der Waals surface area contributed by atoms with Gasteiger partial charge in [-0.2, -0.15) is 0 Å². The first kappa shape index (κ1) is 11.4. The van der Waals surface area contributed by atoms with Crippen molar-refractivity contribution in [3.8, 4) is 0 Å². The lowest BCUT2D eigenvalue weighted by atomic mass is 9.92. The number of hydrogen-bond donors (Lipinski definition) is 1. The molecule has 1 N–H and O–H groups in total. The zero-order chi connectivity index (χ0) is 10.7. The van der Waals surface area contributed by atoms with E-state index in [1.807, 2.05) is 7.11 Å². The second-order valence-electron chi connectivity index (χ2n) is 4.86. The molecule has 88 valence electrons. The van der Waals surface area contributed by atoms with Crippen LogP contribution in [0.3, 0.4) is 0 Å². The number of hydrogen-bond acceptors (Lipinski definition) is 3. The molecule has 4 unspecified atom stereocenters. The van der Waals surface area contributed by atoms with Gasteiger partial charge in [-0.15, -0.1) is 0 Å². The lowest BCUT2D eigenvalue weighted by Crippen LogP contribution is -2.45. The highest BCUT2D eigenvalue weighted by molar-refractivity contribution is 4.86. The van der Waals surface area contributed by atoms with Crippen molar-refractivity contribution >= 4 is 0 Å². The van der Waals surface area contributed by atoms with Crippen LogP contribution in [0.4, 0.5) is 0 Å². The second-order valence-corrected chi connectivity index (χ2v) is 4.86. The first-order valence-corrected chi connectivity index (χ1v) is 6.20. The highest BCUT2D eigenvalue weighted by Crippen LogP contribution is 2.23. The molecule has 1 aliphatic carbocycles. The molecule has 0 aromatic carbocycles. The topological polar surface area (TPSA) is 30.5 Å². The summed E-state index contributed by atoms with van der Waals surface area (Å²) in [4.78, 5) is 0. The zero-order valence-electron chi connectivity index (χ0n) is 9.87. The van der Waals surface area contributed by atoms with Gasteiger partial charge in [0.2, 0.25) is 0 Å². The molecule has 0 spiro atoms. The molecule has 0 radical (unpaired) electrons. The van der Waals surface area contributed by atoms with Gasteiger partial charge >= 0.3 is 0 Å². The molecule has 0 amide bonds. The third kappa shape index (κ3) is 2.92. The van der Waals surface area contributed by atoms with Gasteiger partial charge in [0.05, 0.1) is 12.2 Å². The summed E-state index contributed by atoms with van der Waals surface area (Å²) in [6, 6.07) is 1.20. The number of methoxy groups -OCH3 is 1. The summed E-state index contributed by atoms with van der Waals surface area (Å²) >= 11 is 0. The van der Waals surface area contributed by atoms with Gasteiger partial charge in [-0.05, 0) is 39.0 Å². The van der Waals surface area contributed by atoms with Crippen molar-refractivity contribution in [3.05, 3.63) is 0 Å². The van der Waals surface area contributed by atoms with Crippen LogP contribution in [0.15, 0.2) is 0 Å². The predicted molar refractivity (Wildman–Crippen MR) is 60.0 cm³/mol. The van der Waals surface area contributed by atoms with Crippen molar-refractivity contribution in [2.75, 3.05) is 13.7 Å². The van der Waals surface area contributed by atoms with Gasteiger partial charge in [0.1, 0.15) is 0 Å². The van der Waals surface area contributed by atoms with Gasteiger partial charge < -0.3 is 14.8 Å². The summed E-state index contributed by atoms with van der Waals surface area (Å²) in [5, 5.41) is 3.73. The van der Waals surface area contributed by atoms with Crippen LogP contribution in [0, 0.1) is 0 Å². The lowest BCUT2D eigenvalue weighted by molar-refractivity contribution is 0.0528. The molecule has 0 bridgehead atoms. The van der Waals surface area contributed by atoms with Gasteiger partial charge in [-0.3, -0.25) is 0 Å². The van der Waals surface area contributed by atoms with Gasteiger partial charge in [-0.25, -0.2) is 0 Å². The Balaban J connectivity index is 1.78. The molecule has 3 nitrogen and oxygen atoms in total. The fourth-order valence-corrected chi connectivity index (χ4v) is 2.76. The molecule has 15 heavy (non-hydrogen) atoms. The molecular formula is C12H23NO2. The molecule has 1 saturated heterocycles. The van der Waals surface area contributed by atoms with E-state index in [1.165, 1.54) is 25.7 Å². The second kappa shape index (κ2) is 5.28. The minimum absolute atomic E-state index is 0.382. The first-order valence-electron chi connectivity index (χ1n) is 6.20. The van der Waals surface area contributed by atoms with Gasteiger partial charge in [0.25, 0.3) is 0 Å². The molecule has 3 heteroatoms. The summed E-state index contributed by atoms with van der Waals surface area (Å²) in [5.41, 5.74) is 0. The number of rotatable bonds is 3. The summed E-state index contributed by atoms with van der Waals surface area (Å²) < 4.78 is 11.0. The fourth-order valence-electron chi connectivity index (χ4n) is 2.76. The van der Waals surface area contributed by atoms with Crippen molar-refractivity contribution in [2.45, 2.75) is 63.3 Å². The Kier molecular flexibility index (Phi) is 4.00. The van der Waals surface area contributed by atoms with Crippen LogP contribution in [-0.4, -0.2) is 38.0 Å². The fraction of sp³-hybridized carbons (Fsp3) is 1.00. The minimum Gasteiger partial charge on any atom is -0.381 e. The first-order chi connectivity index (χ1) is 7.29. The van der Waals surface area contributed by atoms with Crippen molar-refractivity contribution < 1.29 is 9.47 Å². The van der Waals surface area contributed by atoms with E-state index < -0.39 is 0 Å². The van der Waals surface area contributed by atoms with Crippen LogP contribution in [0.5, 0.6) is 0 Å². The standard InChI is InChI=1S/C12H23NO2/c1-9-12(6-7-15-9)13-10-4-3-5-11(8-10)14-2/h9-13H,3-8H2,1-2H3. The average Bonchev–Trinajstić information content (AvgIpc) is 2.65. The SMILES string of the molecule is COC1CCCC(NC2CCOC2C)C1. The third-order valence-corrected chi connectivity index (χ3v) is 3.79. The Bertz CT molecular complexity index is 198. The van der Waals surface area contributed by atoms with E-state index in [4.69, 9.17) is 9.47 Å². The molecule has 0 aromatic heterocycles. The quantitative estimate of drug-likeness (QED) is 0.774. The highest BCUT2D eigenvalue weighted by Gasteiger charge is 2.29. The number of nitrogens with one attached hydrogen (secondary N) is 1. The third-order valence-electron chi connectivity index (χ3n) is 3.79. The van der Waals surface area contributed by atoms with E-state index in [9.17, 15) is 0 Å². The normalized spacial score (nSPS) is 42.0. The zero-order valence-corrected chi connectivity index (χ0v) is 9.87. The van der Waals surface area contributed by atoms with Crippen LogP contribution in [0.25, 0.3) is 0 Å². The van der Waals surface area contributed by atoms with Crippen molar-refractivity contribution in [1.29, 1.82) is 0 Å². The molecule has 2 fully saturated rings. The Morgan fingerprint density at radius 3 is 2.80 bits per heavy atom. The maximum Gasteiger partial charge on any atom is 0.0700 e. The van der Waals surface area contributed by atoms with Gasteiger partial charge in [0, 0.05) is 25.8 Å². The number of ether oxygens (including phenoxy) is 2. The van der Waals surface area contributed by atoms with Crippen LogP contribution in [0.1, 0.15) is 39.0 Å². The molecule has 1 heterocycles. The Hall–Kier alpha value is -0.120. The van der Waals surface area contributed by atoms with Gasteiger partial charge in [-0.1, -0.05) is 0 Å². The van der Waals surface area contributed by atoms with Crippen molar-refractivity contribution in [1.82, 2.24) is 5.32 Å². The molecular weight excluding hydrogens is 190 g/mol. The van der Waals surface area contributed by atoms with Crippen LogP contribution < -0.4 is 5.32 Å². The van der Waals surface area contributed by atoms with Crippen molar-refractivity contribution in [3.63, 3.8) is 0 Å². The largest absolute Gasteiger partial charge is 0.381 e. The van der Waals surface area contributed by atoms with E-state index in [0.717, 1.165) is 13.0 Å². The molecule has 1 saturated carbocycles. The lowest BCUT2D eigenvalue weighted by Gasteiger charge is -2.31. The summed E-state index contributed by atoms with van der Waals surface area (Å²) in [6.07, 6.45) is 6.99. The Labute approximate surface area is 92.5 Å². The molecule has 4 atom stereocenters. The molecule has 2 aliphatic rings. The van der Waals surface area contributed by atoms with Crippen molar-refractivity contribution in [2.24, 2.45) is 0 Å². The minimum atomic E-state index is 0.382. The predicted octanol–water partition coefficient (Wildman–Crippen LogP) is 1.71. The maximum absolute atomic E-state index is 5.57. The Morgan fingerprint density at radius 1 is 1.27 bits per heavy atom. The van der Waals surface area contributed by atoms with Crippen LogP contribution in [0.2, 0.25) is 0 Å². The Morgan fingerprint density at radius 2 is 2.13 bits per heavy atom. The summed E-state index contributed by atoms with van der Waals surface area (Å²) in [7, 11) is 1.83. The van der Waals surface area contributed by atoms with E-state index in [0.29, 0.717) is 24.3 Å². The summed E-state index contributed by atoms with van der Waals surface area (Å²) in [6.45, 7) is 3.08. The molecule has 0 aromatic rings. The van der Waals surface area contributed by atoms with Gasteiger partial charge in [0.15, 0.2) is 0 Å². The van der Waals surface area contributed by atoms with Crippen LogP contribution in [-0.2, 0) is 9.47 Å². The van der Waals surface area contributed by atoms with Crippen LogP contribution >= 0.6 is 0 Å². The average molecular weight is 213 g/mol. The summed E-state index contributed by atoms with van der Waals surface area (Å²) in [5.74, 6) is 0. The van der Waals surface area contributed by atoms with E-state index in [-0.39, 0.29) is 0 Å². The molecule has 1 aliphatic heterocycles. The van der Waals surface area contributed by atoms with E-state index in [1.54, 1.807) is 0 Å². The van der Waals surface area contributed by atoms with E-state index >= 15 is 0 Å². The monoisotopic (exact) mass is 213 g/mol. The maximum atomic E-state index is 5.57. The highest BCUT2D eigenvalue weighted by atomic mass is 16.5. The smallest absolute Gasteiger partial charge is 0.0700 e. The molecule has 2 rings (SSSR count).